The van der Waals surface area contributed by atoms with Crippen molar-refractivity contribution >= 4 is 45.9 Å². The zero-order valence-electron chi connectivity index (χ0n) is 19.3. The molecule has 2 aromatic heterocycles. The first-order valence-electron chi connectivity index (χ1n) is 11.0. The van der Waals surface area contributed by atoms with E-state index in [0.29, 0.717) is 39.4 Å². The van der Waals surface area contributed by atoms with Crippen molar-refractivity contribution in [3.8, 4) is 0 Å². The van der Waals surface area contributed by atoms with Crippen molar-refractivity contribution in [3.63, 3.8) is 0 Å². The molecule has 180 valence electrons. The molecule has 35 heavy (non-hydrogen) atoms. The quantitative estimate of drug-likeness (QED) is 0.323. The van der Waals surface area contributed by atoms with Crippen LogP contribution in [0.1, 0.15) is 28.0 Å². The fourth-order valence-electron chi connectivity index (χ4n) is 3.86. The largest absolute Gasteiger partial charge is 0.464 e. The average Bonchev–Trinajstić information content (AvgIpc) is 3.13. The van der Waals surface area contributed by atoms with Crippen molar-refractivity contribution in [2.75, 3.05) is 17.7 Å². The lowest BCUT2D eigenvalue weighted by atomic mass is 10.1. The van der Waals surface area contributed by atoms with Gasteiger partial charge >= 0.3 is 5.97 Å². The van der Waals surface area contributed by atoms with Crippen molar-refractivity contribution in [1.29, 1.82) is 0 Å². The van der Waals surface area contributed by atoms with Crippen LogP contribution in [0.3, 0.4) is 0 Å². The molecule has 0 saturated carbocycles. The summed E-state index contributed by atoms with van der Waals surface area (Å²) in [4.78, 5) is 29.8. The molecule has 7 nitrogen and oxygen atoms in total. The SMILES string of the molecule is COC(=O)c1c(NC(=O)CCc2ccccc2)c2cc(NCc3c(F)cccc3Cl)cnc2n1C. The second kappa shape index (κ2) is 10.6. The van der Waals surface area contributed by atoms with Crippen LogP contribution in [0.4, 0.5) is 15.8 Å². The maximum absolute atomic E-state index is 14.2. The van der Waals surface area contributed by atoms with Crippen LogP contribution in [-0.4, -0.2) is 28.5 Å². The molecule has 9 heteroatoms. The standard InChI is InChI=1S/C26H24ClFN4O3/c1-32-24(26(34)35-2)23(31-22(33)12-11-16-7-4-3-5-8-16)18-13-17(14-30-25(18)32)29-15-19-20(27)9-6-10-21(19)28/h3-10,13-14,29H,11-12,15H2,1-2H3,(H,31,33). The van der Waals surface area contributed by atoms with Crippen LogP contribution in [0.5, 0.6) is 0 Å². The highest BCUT2D eigenvalue weighted by Crippen LogP contribution is 2.32. The number of halogens is 2. The van der Waals surface area contributed by atoms with Gasteiger partial charge in [-0.15, -0.1) is 0 Å². The Morgan fingerprint density at radius 1 is 1.14 bits per heavy atom. The highest BCUT2D eigenvalue weighted by molar-refractivity contribution is 6.31. The topological polar surface area (TPSA) is 85.2 Å². The summed E-state index contributed by atoms with van der Waals surface area (Å²) >= 11 is 6.12. The van der Waals surface area contributed by atoms with Crippen LogP contribution in [0, 0.1) is 5.82 Å². The number of carbonyl (C=O) groups is 2. The molecule has 0 aliphatic carbocycles. The predicted molar refractivity (Wildman–Crippen MR) is 134 cm³/mol. The third-order valence-electron chi connectivity index (χ3n) is 5.68. The number of fused-ring (bicyclic) bond motifs is 1. The maximum atomic E-state index is 14.2. The van der Waals surface area contributed by atoms with Gasteiger partial charge in [-0.25, -0.2) is 14.2 Å². The monoisotopic (exact) mass is 494 g/mol. The van der Waals surface area contributed by atoms with E-state index in [0.717, 1.165) is 5.56 Å². The number of aryl methyl sites for hydroxylation is 2. The number of anilines is 2. The first kappa shape index (κ1) is 24.2. The summed E-state index contributed by atoms with van der Waals surface area (Å²) in [6.45, 7) is 0.133. The number of hydrogen-bond donors (Lipinski definition) is 2. The number of amides is 1. The van der Waals surface area contributed by atoms with Gasteiger partial charge in [-0.3, -0.25) is 4.79 Å². The van der Waals surface area contributed by atoms with E-state index in [1.54, 1.807) is 36.0 Å². The van der Waals surface area contributed by atoms with Crippen molar-refractivity contribution in [3.05, 3.63) is 88.5 Å². The Balaban J connectivity index is 1.63. The Morgan fingerprint density at radius 2 is 1.91 bits per heavy atom. The Bertz CT molecular complexity index is 1370. The fourth-order valence-corrected chi connectivity index (χ4v) is 4.09. The normalized spacial score (nSPS) is 10.9. The molecular formula is C26H24ClFN4O3. The minimum absolute atomic E-state index is 0.133. The van der Waals surface area contributed by atoms with Crippen LogP contribution >= 0.6 is 11.6 Å². The van der Waals surface area contributed by atoms with Gasteiger partial charge in [0.05, 0.1) is 24.7 Å². The number of ether oxygens (including phenoxy) is 1. The molecule has 2 N–H and O–H groups in total. The van der Waals surface area contributed by atoms with Gasteiger partial charge in [-0.2, -0.15) is 0 Å². The number of benzene rings is 2. The maximum Gasteiger partial charge on any atom is 0.356 e. The van der Waals surface area contributed by atoms with Crippen LogP contribution in [-0.2, 0) is 29.5 Å². The van der Waals surface area contributed by atoms with Gasteiger partial charge in [-0.05, 0) is 30.2 Å². The molecule has 0 aliphatic rings. The first-order valence-corrected chi connectivity index (χ1v) is 11.3. The summed E-state index contributed by atoms with van der Waals surface area (Å²) in [7, 11) is 2.95. The van der Waals surface area contributed by atoms with E-state index in [4.69, 9.17) is 16.3 Å². The van der Waals surface area contributed by atoms with Crippen molar-refractivity contribution in [2.24, 2.45) is 7.05 Å². The summed E-state index contributed by atoms with van der Waals surface area (Å²) in [5.74, 6) is -1.27. The van der Waals surface area contributed by atoms with E-state index in [-0.39, 0.29) is 24.6 Å². The predicted octanol–water partition coefficient (Wildman–Crippen LogP) is 5.34. The first-order chi connectivity index (χ1) is 16.9. The Kier molecular flexibility index (Phi) is 7.31. The molecule has 0 spiro atoms. The third kappa shape index (κ3) is 5.27. The molecule has 0 bridgehead atoms. The number of nitrogens with zero attached hydrogens (tertiary/aromatic N) is 2. The van der Waals surface area contributed by atoms with Gasteiger partial charge in [0.25, 0.3) is 0 Å². The van der Waals surface area contributed by atoms with E-state index < -0.39 is 11.8 Å². The fraction of sp³-hybridized carbons (Fsp3) is 0.192. The molecule has 4 rings (SSSR count). The van der Waals surface area contributed by atoms with Crippen LogP contribution < -0.4 is 10.6 Å². The van der Waals surface area contributed by atoms with E-state index >= 15 is 0 Å². The number of methoxy groups -OCH3 is 1. The lowest BCUT2D eigenvalue weighted by molar-refractivity contribution is -0.116. The average molecular weight is 495 g/mol. The lowest BCUT2D eigenvalue weighted by Crippen LogP contribution is -2.16. The highest BCUT2D eigenvalue weighted by atomic mass is 35.5. The number of carbonyl (C=O) groups excluding carboxylic acids is 2. The molecule has 0 saturated heterocycles. The summed E-state index contributed by atoms with van der Waals surface area (Å²) in [5, 5.41) is 6.84. The lowest BCUT2D eigenvalue weighted by Gasteiger charge is -2.10. The van der Waals surface area contributed by atoms with E-state index in [1.807, 2.05) is 30.3 Å². The van der Waals surface area contributed by atoms with Crippen LogP contribution in [0.25, 0.3) is 11.0 Å². The summed E-state index contributed by atoms with van der Waals surface area (Å²) in [6, 6.07) is 15.9. The summed E-state index contributed by atoms with van der Waals surface area (Å²) < 4.78 is 20.7. The zero-order valence-corrected chi connectivity index (χ0v) is 20.0. The van der Waals surface area contributed by atoms with Crippen molar-refractivity contribution < 1.29 is 18.7 Å². The van der Waals surface area contributed by atoms with Gasteiger partial charge in [0.2, 0.25) is 5.91 Å². The van der Waals surface area contributed by atoms with Crippen LogP contribution in [0.15, 0.2) is 60.8 Å². The molecule has 2 aromatic carbocycles. The second-order valence-corrected chi connectivity index (χ2v) is 8.36. The minimum atomic E-state index is -0.600. The molecule has 0 unspecified atom stereocenters. The Labute approximate surface area is 206 Å². The smallest absolute Gasteiger partial charge is 0.356 e. The molecule has 0 radical (unpaired) electrons. The molecule has 4 aromatic rings. The van der Waals surface area contributed by atoms with Gasteiger partial charge in [-0.1, -0.05) is 48.0 Å². The number of nitrogens with one attached hydrogen (secondary N) is 2. The highest BCUT2D eigenvalue weighted by Gasteiger charge is 2.24. The molecule has 0 aliphatic heterocycles. The van der Waals surface area contributed by atoms with Gasteiger partial charge in [0.1, 0.15) is 11.5 Å². The van der Waals surface area contributed by atoms with Crippen molar-refractivity contribution in [1.82, 2.24) is 9.55 Å². The Morgan fingerprint density at radius 3 is 2.63 bits per heavy atom. The third-order valence-corrected chi connectivity index (χ3v) is 6.04. The number of hydrogen-bond acceptors (Lipinski definition) is 5. The van der Waals surface area contributed by atoms with E-state index in [9.17, 15) is 14.0 Å². The van der Waals surface area contributed by atoms with Gasteiger partial charge < -0.3 is 19.9 Å². The van der Waals surface area contributed by atoms with Crippen LogP contribution in [0.2, 0.25) is 5.02 Å². The Hall–Kier alpha value is -3.91. The number of pyridine rings is 1. The summed E-state index contributed by atoms with van der Waals surface area (Å²) in [6.07, 6.45) is 2.36. The molecule has 0 fully saturated rings. The number of esters is 1. The molecular weight excluding hydrogens is 471 g/mol. The number of aromatic nitrogens is 2. The summed E-state index contributed by atoms with van der Waals surface area (Å²) in [5.41, 5.74) is 2.91. The van der Waals surface area contributed by atoms with E-state index in [2.05, 4.69) is 15.6 Å². The molecule has 2 heterocycles. The van der Waals surface area contributed by atoms with Gasteiger partial charge in [0, 0.05) is 36.0 Å². The second-order valence-electron chi connectivity index (χ2n) is 7.96. The molecule has 1 amide bonds. The van der Waals surface area contributed by atoms with E-state index in [1.165, 1.54) is 13.2 Å². The zero-order chi connectivity index (χ0) is 24.9. The molecule has 0 atom stereocenters. The number of rotatable bonds is 8. The van der Waals surface area contributed by atoms with Crippen molar-refractivity contribution in [2.45, 2.75) is 19.4 Å². The van der Waals surface area contributed by atoms with Gasteiger partial charge in [0.15, 0.2) is 5.69 Å². The minimum Gasteiger partial charge on any atom is -0.464 e.